The van der Waals surface area contributed by atoms with E-state index in [2.05, 4.69) is 31.2 Å². The molecule has 0 aromatic heterocycles. The summed E-state index contributed by atoms with van der Waals surface area (Å²) in [5.41, 5.74) is 2.15. The lowest BCUT2D eigenvalue weighted by Crippen LogP contribution is -2.11. The molecule has 1 aliphatic carbocycles. The third-order valence-corrected chi connectivity index (χ3v) is 6.36. The van der Waals surface area contributed by atoms with Gasteiger partial charge in [-0.3, -0.25) is 0 Å². The Balaban J connectivity index is 1.51. The minimum absolute atomic E-state index is 0.0153. The minimum atomic E-state index is -0.910. The smallest absolute Gasteiger partial charge is 0.201 e. The second-order valence-corrected chi connectivity index (χ2v) is 8.81. The Kier molecular flexibility index (Phi) is 9.52. The number of halogens is 2. The number of unbranched alkanes of at least 4 members (excludes halogenated alkanes) is 1. The zero-order chi connectivity index (χ0) is 22.8. The molecular formula is C29H36F2O. The van der Waals surface area contributed by atoms with Crippen LogP contribution in [0.25, 0.3) is 11.1 Å². The monoisotopic (exact) mass is 438 g/mol. The number of hydrogen-bond donors (Lipinski definition) is 0. The summed E-state index contributed by atoms with van der Waals surface area (Å²) in [6, 6.07) is 10.9. The van der Waals surface area contributed by atoms with Gasteiger partial charge in [-0.15, -0.1) is 0 Å². The van der Waals surface area contributed by atoms with Crippen LogP contribution in [0, 0.1) is 23.5 Å². The van der Waals surface area contributed by atoms with E-state index in [4.69, 9.17) is 4.74 Å². The first kappa shape index (κ1) is 24.2. The van der Waals surface area contributed by atoms with Gasteiger partial charge < -0.3 is 4.74 Å². The molecule has 1 nitrogen and oxygen atoms in total. The average Bonchev–Trinajstić information content (AvgIpc) is 2.81. The van der Waals surface area contributed by atoms with Crippen LogP contribution in [-0.2, 0) is 6.42 Å². The van der Waals surface area contributed by atoms with Gasteiger partial charge in [0.2, 0.25) is 5.82 Å². The van der Waals surface area contributed by atoms with E-state index < -0.39 is 11.6 Å². The molecule has 0 unspecified atom stereocenters. The summed E-state index contributed by atoms with van der Waals surface area (Å²) in [5, 5.41) is 0. The van der Waals surface area contributed by atoms with E-state index in [1.807, 2.05) is 31.2 Å². The van der Waals surface area contributed by atoms with Gasteiger partial charge in [0.1, 0.15) is 0 Å². The van der Waals surface area contributed by atoms with Crippen molar-refractivity contribution in [2.75, 3.05) is 6.61 Å². The Morgan fingerprint density at radius 2 is 1.59 bits per heavy atom. The Labute approximate surface area is 192 Å². The van der Waals surface area contributed by atoms with Gasteiger partial charge in [-0.1, -0.05) is 61.9 Å². The second-order valence-electron chi connectivity index (χ2n) is 8.81. The van der Waals surface area contributed by atoms with Crippen molar-refractivity contribution in [1.82, 2.24) is 0 Å². The first-order chi connectivity index (χ1) is 15.6. The van der Waals surface area contributed by atoms with E-state index in [9.17, 15) is 8.78 Å². The highest BCUT2D eigenvalue weighted by Gasteiger charge is 2.17. The highest BCUT2D eigenvalue weighted by Crippen LogP contribution is 2.31. The van der Waals surface area contributed by atoms with Crippen molar-refractivity contribution in [3.8, 4) is 16.9 Å². The first-order valence-corrected chi connectivity index (χ1v) is 12.1. The fourth-order valence-corrected chi connectivity index (χ4v) is 4.38. The Hall–Kier alpha value is -2.42. The molecule has 0 atom stereocenters. The van der Waals surface area contributed by atoms with Crippen molar-refractivity contribution in [3.05, 3.63) is 77.9 Å². The maximum atomic E-state index is 14.6. The Bertz CT molecular complexity index is 890. The lowest BCUT2D eigenvalue weighted by atomic mass is 9.81. The molecule has 2 aromatic rings. The van der Waals surface area contributed by atoms with Gasteiger partial charge in [-0.2, -0.15) is 4.39 Å². The van der Waals surface area contributed by atoms with E-state index in [0.29, 0.717) is 18.1 Å². The fraction of sp³-hybridized carbons (Fsp3) is 0.448. The maximum absolute atomic E-state index is 14.6. The van der Waals surface area contributed by atoms with Crippen molar-refractivity contribution < 1.29 is 13.5 Å². The van der Waals surface area contributed by atoms with Crippen LogP contribution in [0.5, 0.6) is 5.75 Å². The number of hydrogen-bond acceptors (Lipinski definition) is 1. The highest BCUT2D eigenvalue weighted by atomic mass is 19.2. The van der Waals surface area contributed by atoms with E-state index >= 15 is 0 Å². The fourth-order valence-electron chi connectivity index (χ4n) is 4.38. The summed E-state index contributed by atoms with van der Waals surface area (Å²) in [6.45, 7) is 4.53. The van der Waals surface area contributed by atoms with Crippen LogP contribution in [0.1, 0.15) is 64.4 Å². The number of benzene rings is 2. The molecule has 0 spiro atoms. The zero-order valence-electron chi connectivity index (χ0n) is 19.5. The van der Waals surface area contributed by atoms with Crippen LogP contribution in [-0.4, -0.2) is 6.61 Å². The molecule has 1 saturated carbocycles. The van der Waals surface area contributed by atoms with Gasteiger partial charge in [0.15, 0.2) is 11.6 Å². The molecular weight excluding hydrogens is 402 g/mol. The summed E-state index contributed by atoms with van der Waals surface area (Å²) in [5.74, 6) is -0.290. The minimum Gasteiger partial charge on any atom is -0.490 e. The van der Waals surface area contributed by atoms with Crippen LogP contribution < -0.4 is 4.74 Å². The molecule has 0 N–H and O–H groups in total. The largest absolute Gasteiger partial charge is 0.490 e. The summed E-state index contributed by atoms with van der Waals surface area (Å²) in [4.78, 5) is 0. The SMILES string of the molecule is C/C=C/C1CCC(/C=C/CCc2ccc(-c3ccc(OCCCC)c(F)c3F)cc2)CC1. The standard InChI is InChI=1S/C29H36F2O/c1-3-5-21-32-27-20-19-26(28(30)29(27)31)25-17-15-24(16-18-25)10-7-6-9-23-13-11-22(8-4-2)12-14-23/h4,6,8-9,15-20,22-23H,3,5,7,10-14,21H2,1-2H3/b8-4+,9-6+. The molecule has 2 aromatic carbocycles. The Morgan fingerprint density at radius 3 is 2.25 bits per heavy atom. The zero-order valence-corrected chi connectivity index (χ0v) is 19.5. The molecule has 0 heterocycles. The van der Waals surface area contributed by atoms with E-state index in [1.165, 1.54) is 37.3 Å². The topological polar surface area (TPSA) is 9.23 Å². The molecule has 0 saturated heterocycles. The summed E-state index contributed by atoms with van der Waals surface area (Å²) in [6.07, 6.45) is 18.1. The molecule has 0 radical (unpaired) electrons. The van der Waals surface area contributed by atoms with E-state index in [0.717, 1.165) is 31.6 Å². The van der Waals surface area contributed by atoms with Gasteiger partial charge >= 0.3 is 0 Å². The van der Waals surface area contributed by atoms with Crippen LogP contribution >= 0.6 is 0 Å². The van der Waals surface area contributed by atoms with Crippen LogP contribution in [0.3, 0.4) is 0 Å². The Morgan fingerprint density at radius 1 is 0.906 bits per heavy atom. The maximum Gasteiger partial charge on any atom is 0.201 e. The molecule has 3 rings (SSSR count). The number of aryl methyl sites for hydroxylation is 1. The molecule has 0 aliphatic heterocycles. The van der Waals surface area contributed by atoms with Crippen molar-refractivity contribution in [2.45, 2.75) is 65.2 Å². The number of rotatable bonds is 10. The van der Waals surface area contributed by atoms with Crippen molar-refractivity contribution >= 4 is 0 Å². The van der Waals surface area contributed by atoms with Gasteiger partial charge in [0.05, 0.1) is 6.61 Å². The van der Waals surface area contributed by atoms with Gasteiger partial charge in [0, 0.05) is 5.56 Å². The third kappa shape index (κ3) is 6.79. The summed E-state index contributed by atoms with van der Waals surface area (Å²) in [7, 11) is 0. The van der Waals surface area contributed by atoms with E-state index in [1.54, 1.807) is 6.07 Å². The van der Waals surface area contributed by atoms with Crippen molar-refractivity contribution in [1.29, 1.82) is 0 Å². The number of allylic oxidation sites excluding steroid dienone is 4. The van der Waals surface area contributed by atoms with Gasteiger partial charge in [-0.25, -0.2) is 4.39 Å². The van der Waals surface area contributed by atoms with Gasteiger partial charge in [0.25, 0.3) is 0 Å². The second kappa shape index (κ2) is 12.6. The predicted octanol–water partition coefficient (Wildman–Crippen LogP) is 8.68. The van der Waals surface area contributed by atoms with Crippen LogP contribution in [0.2, 0.25) is 0 Å². The lowest BCUT2D eigenvalue weighted by Gasteiger charge is -2.24. The quantitative estimate of drug-likeness (QED) is 0.266. The normalized spacial score (nSPS) is 19.1. The number of ether oxygens (including phenoxy) is 1. The molecule has 32 heavy (non-hydrogen) atoms. The molecule has 1 fully saturated rings. The summed E-state index contributed by atoms with van der Waals surface area (Å²) < 4.78 is 34.3. The molecule has 0 bridgehead atoms. The molecule has 172 valence electrons. The highest BCUT2D eigenvalue weighted by molar-refractivity contribution is 5.65. The molecule has 0 amide bonds. The van der Waals surface area contributed by atoms with Crippen LogP contribution in [0.4, 0.5) is 8.78 Å². The van der Waals surface area contributed by atoms with Crippen molar-refractivity contribution in [3.63, 3.8) is 0 Å². The molecule has 3 heteroatoms. The van der Waals surface area contributed by atoms with E-state index in [-0.39, 0.29) is 11.3 Å². The predicted molar refractivity (Wildman–Crippen MR) is 130 cm³/mol. The summed E-state index contributed by atoms with van der Waals surface area (Å²) >= 11 is 0. The van der Waals surface area contributed by atoms with Gasteiger partial charge in [-0.05, 0) is 87.0 Å². The first-order valence-electron chi connectivity index (χ1n) is 12.1. The lowest BCUT2D eigenvalue weighted by molar-refractivity contribution is 0.289. The molecule has 1 aliphatic rings. The average molecular weight is 439 g/mol. The third-order valence-electron chi connectivity index (χ3n) is 6.36. The van der Waals surface area contributed by atoms with Crippen LogP contribution in [0.15, 0.2) is 60.7 Å². The van der Waals surface area contributed by atoms with Crippen molar-refractivity contribution in [2.24, 2.45) is 11.8 Å².